The highest BCUT2D eigenvalue weighted by atomic mass is 32.2. The van der Waals surface area contributed by atoms with Crippen molar-refractivity contribution in [3.8, 4) is 11.4 Å². The van der Waals surface area contributed by atoms with Crippen molar-refractivity contribution in [2.75, 3.05) is 18.2 Å². The molecule has 1 aromatic heterocycles. The van der Waals surface area contributed by atoms with Crippen LogP contribution < -0.4 is 5.84 Å². The minimum atomic E-state index is 0.136. The van der Waals surface area contributed by atoms with Crippen molar-refractivity contribution in [1.29, 1.82) is 0 Å². The van der Waals surface area contributed by atoms with Crippen LogP contribution >= 0.6 is 11.8 Å². The van der Waals surface area contributed by atoms with Crippen LogP contribution in [0.1, 0.15) is 39.2 Å². The third kappa shape index (κ3) is 3.70. The van der Waals surface area contributed by atoms with Gasteiger partial charge in [0, 0.05) is 17.9 Å². The van der Waals surface area contributed by atoms with Crippen molar-refractivity contribution in [2.45, 2.75) is 50.3 Å². The van der Waals surface area contributed by atoms with Gasteiger partial charge in [-0.2, -0.15) is 0 Å². The summed E-state index contributed by atoms with van der Waals surface area (Å²) in [7, 11) is 0. The molecule has 5 nitrogen and oxygen atoms in total. The molecule has 6 heteroatoms. The van der Waals surface area contributed by atoms with Crippen LogP contribution in [0.3, 0.4) is 0 Å². The second-order valence-electron chi connectivity index (χ2n) is 6.95. The number of aromatic nitrogens is 3. The summed E-state index contributed by atoms with van der Waals surface area (Å²) in [4.78, 5) is 0. The Morgan fingerprint density at radius 3 is 2.61 bits per heavy atom. The minimum absolute atomic E-state index is 0.136. The van der Waals surface area contributed by atoms with E-state index in [0.717, 1.165) is 35.9 Å². The molecule has 1 aliphatic heterocycles. The van der Waals surface area contributed by atoms with E-state index in [1.807, 2.05) is 0 Å². The zero-order valence-corrected chi connectivity index (χ0v) is 14.8. The fourth-order valence-corrected chi connectivity index (χ4v) is 3.56. The minimum Gasteiger partial charge on any atom is -0.377 e. The summed E-state index contributed by atoms with van der Waals surface area (Å²) in [6, 6.07) is 8.37. The normalized spacial score (nSPS) is 18.5. The molecule has 1 aromatic carbocycles. The first-order chi connectivity index (χ1) is 10.9. The maximum Gasteiger partial charge on any atom is 0.210 e. The summed E-state index contributed by atoms with van der Waals surface area (Å²) < 4.78 is 7.21. The molecule has 0 bridgehead atoms. The highest BCUT2D eigenvalue weighted by molar-refractivity contribution is 7.99. The topological polar surface area (TPSA) is 66.0 Å². The van der Waals surface area contributed by atoms with Crippen molar-refractivity contribution >= 4 is 11.8 Å². The molecule has 2 heterocycles. The summed E-state index contributed by atoms with van der Waals surface area (Å²) in [5.74, 6) is 7.74. The summed E-state index contributed by atoms with van der Waals surface area (Å²) in [5.41, 5.74) is 2.41. The molecule has 0 spiro atoms. The van der Waals surface area contributed by atoms with Crippen LogP contribution in [0.5, 0.6) is 0 Å². The molecule has 1 atom stereocenters. The summed E-state index contributed by atoms with van der Waals surface area (Å²) in [6.45, 7) is 7.47. The van der Waals surface area contributed by atoms with Gasteiger partial charge in [0.2, 0.25) is 5.16 Å². The van der Waals surface area contributed by atoms with Crippen molar-refractivity contribution in [3.63, 3.8) is 0 Å². The first-order valence-electron chi connectivity index (χ1n) is 8.01. The van der Waals surface area contributed by atoms with Crippen molar-refractivity contribution < 1.29 is 4.74 Å². The zero-order valence-electron chi connectivity index (χ0n) is 14.0. The van der Waals surface area contributed by atoms with E-state index >= 15 is 0 Å². The Morgan fingerprint density at radius 1 is 1.26 bits per heavy atom. The van der Waals surface area contributed by atoms with E-state index in [4.69, 9.17) is 10.6 Å². The molecule has 0 amide bonds. The molecule has 1 unspecified atom stereocenters. The van der Waals surface area contributed by atoms with Gasteiger partial charge in [0.05, 0.1) is 6.10 Å². The van der Waals surface area contributed by atoms with Gasteiger partial charge in [-0.25, -0.2) is 4.68 Å². The van der Waals surface area contributed by atoms with Crippen LogP contribution in [0.4, 0.5) is 0 Å². The number of nitrogens with zero attached hydrogens (tertiary/aromatic N) is 3. The Morgan fingerprint density at radius 2 is 2.00 bits per heavy atom. The lowest BCUT2D eigenvalue weighted by Gasteiger charge is -2.19. The standard InChI is InChI=1S/C17H24N4OS/c1-17(2,3)13-8-6-12(7-9-13)15-19-20-16(21(15)18)23-11-14-5-4-10-22-14/h6-9,14H,4-5,10-11,18H2,1-3H3. The van der Waals surface area contributed by atoms with Crippen LogP contribution in [0, 0.1) is 0 Å². The van der Waals surface area contributed by atoms with Crippen molar-refractivity contribution in [1.82, 2.24) is 14.9 Å². The van der Waals surface area contributed by atoms with Gasteiger partial charge < -0.3 is 10.6 Å². The van der Waals surface area contributed by atoms with Gasteiger partial charge in [0.1, 0.15) is 0 Å². The molecular formula is C17H24N4OS. The second kappa shape index (κ2) is 6.53. The fourth-order valence-electron chi connectivity index (χ4n) is 2.63. The Labute approximate surface area is 141 Å². The molecule has 23 heavy (non-hydrogen) atoms. The predicted octanol–water partition coefficient (Wildman–Crippen LogP) is 3.23. The van der Waals surface area contributed by atoms with Gasteiger partial charge >= 0.3 is 0 Å². The first-order valence-corrected chi connectivity index (χ1v) is 8.99. The van der Waals surface area contributed by atoms with Crippen LogP contribution in [0.15, 0.2) is 29.4 Å². The van der Waals surface area contributed by atoms with E-state index in [-0.39, 0.29) is 5.41 Å². The lowest BCUT2D eigenvalue weighted by Crippen LogP contribution is -2.14. The Hall–Kier alpha value is -1.53. The monoisotopic (exact) mass is 332 g/mol. The van der Waals surface area contributed by atoms with Crippen molar-refractivity contribution in [2.24, 2.45) is 0 Å². The van der Waals surface area contributed by atoms with Crippen LogP contribution in [-0.4, -0.2) is 33.3 Å². The van der Waals surface area contributed by atoms with E-state index in [2.05, 4.69) is 55.2 Å². The largest absolute Gasteiger partial charge is 0.377 e. The molecule has 0 radical (unpaired) electrons. The Kier molecular flexibility index (Phi) is 4.64. The molecule has 0 aliphatic carbocycles. The number of benzene rings is 1. The summed E-state index contributed by atoms with van der Waals surface area (Å²) in [6.07, 6.45) is 2.57. The molecule has 124 valence electrons. The highest BCUT2D eigenvalue weighted by Gasteiger charge is 2.19. The number of hydrogen-bond acceptors (Lipinski definition) is 5. The SMILES string of the molecule is CC(C)(C)c1ccc(-c2nnc(SCC3CCCO3)n2N)cc1. The van der Waals surface area contributed by atoms with Gasteiger partial charge in [0.15, 0.2) is 5.82 Å². The number of nitrogens with two attached hydrogens (primary N) is 1. The highest BCUT2D eigenvalue weighted by Crippen LogP contribution is 2.27. The van der Waals surface area contributed by atoms with Gasteiger partial charge in [-0.05, 0) is 23.8 Å². The first kappa shape index (κ1) is 16.3. The Balaban J connectivity index is 1.73. The summed E-state index contributed by atoms with van der Waals surface area (Å²) >= 11 is 1.61. The molecular weight excluding hydrogens is 308 g/mol. The third-order valence-corrected chi connectivity index (χ3v) is 5.17. The molecule has 1 aliphatic rings. The maximum atomic E-state index is 6.17. The third-order valence-electron chi connectivity index (χ3n) is 4.10. The molecule has 1 saturated heterocycles. The van der Waals surface area contributed by atoms with Gasteiger partial charge in [-0.15, -0.1) is 10.2 Å². The molecule has 3 rings (SSSR count). The zero-order chi connectivity index (χ0) is 16.4. The number of thioether (sulfide) groups is 1. The Bertz CT molecular complexity index is 654. The lowest BCUT2D eigenvalue weighted by molar-refractivity contribution is 0.129. The maximum absolute atomic E-state index is 6.17. The number of rotatable bonds is 4. The van der Waals surface area contributed by atoms with E-state index in [0.29, 0.717) is 11.9 Å². The number of hydrogen-bond donors (Lipinski definition) is 1. The lowest BCUT2D eigenvalue weighted by atomic mass is 9.87. The quantitative estimate of drug-likeness (QED) is 0.688. The summed E-state index contributed by atoms with van der Waals surface area (Å²) in [5, 5.41) is 9.20. The van der Waals surface area contributed by atoms with Gasteiger partial charge in [0.25, 0.3) is 0 Å². The van der Waals surface area contributed by atoms with Gasteiger partial charge in [-0.1, -0.05) is 56.8 Å². The predicted molar refractivity (Wildman–Crippen MR) is 94.0 cm³/mol. The van der Waals surface area contributed by atoms with Crippen LogP contribution in [0.2, 0.25) is 0 Å². The van der Waals surface area contributed by atoms with E-state index in [1.54, 1.807) is 16.4 Å². The molecule has 2 aromatic rings. The van der Waals surface area contributed by atoms with Crippen LogP contribution in [-0.2, 0) is 10.2 Å². The van der Waals surface area contributed by atoms with E-state index in [9.17, 15) is 0 Å². The molecule has 0 saturated carbocycles. The van der Waals surface area contributed by atoms with Crippen molar-refractivity contribution in [3.05, 3.63) is 29.8 Å². The van der Waals surface area contributed by atoms with Gasteiger partial charge in [-0.3, -0.25) is 0 Å². The number of nitrogen functional groups attached to an aromatic ring is 1. The molecule has 1 fully saturated rings. The van der Waals surface area contributed by atoms with E-state index in [1.165, 1.54) is 5.56 Å². The average Bonchev–Trinajstić information content (AvgIpc) is 3.14. The van der Waals surface area contributed by atoms with Crippen LogP contribution in [0.25, 0.3) is 11.4 Å². The average molecular weight is 332 g/mol. The molecule has 2 N–H and O–H groups in total. The second-order valence-corrected chi connectivity index (χ2v) is 7.94. The smallest absolute Gasteiger partial charge is 0.210 e. The number of ether oxygens (including phenoxy) is 1. The fraction of sp³-hybridized carbons (Fsp3) is 0.529. The van der Waals surface area contributed by atoms with E-state index < -0.39 is 0 Å².